The van der Waals surface area contributed by atoms with Gasteiger partial charge in [-0.1, -0.05) is 0 Å². The number of rotatable bonds is 3. The van der Waals surface area contributed by atoms with Crippen LogP contribution < -0.4 is 16.0 Å². The Hall–Kier alpha value is -1.87. The van der Waals surface area contributed by atoms with Crippen LogP contribution in [0.15, 0.2) is 44.5 Å². The summed E-state index contributed by atoms with van der Waals surface area (Å²) in [6.45, 7) is 0. The predicted molar refractivity (Wildman–Crippen MR) is 74.2 cm³/mol. The Bertz CT molecular complexity index is 752. The first-order chi connectivity index (χ1) is 8.88. The molecule has 1 heterocycles. The van der Waals surface area contributed by atoms with Gasteiger partial charge in [-0.2, -0.15) is 5.10 Å². The number of aromatic nitrogens is 2. The number of halogens is 1. The SMILES string of the molecule is Nc1cc(S(=O)(=O)Nc2ccc(=O)[nH]n2)ccc1Br. The number of nitrogens with two attached hydrogens (primary N) is 1. The van der Waals surface area contributed by atoms with E-state index in [2.05, 4.69) is 30.8 Å². The summed E-state index contributed by atoms with van der Waals surface area (Å²) in [5.74, 6) is 0.0149. The molecule has 0 fully saturated rings. The van der Waals surface area contributed by atoms with Crippen LogP contribution in [-0.2, 0) is 10.0 Å². The molecule has 19 heavy (non-hydrogen) atoms. The summed E-state index contributed by atoms with van der Waals surface area (Å²) >= 11 is 3.18. The Morgan fingerprint density at radius 2 is 2.00 bits per heavy atom. The van der Waals surface area contributed by atoms with E-state index in [-0.39, 0.29) is 10.7 Å². The van der Waals surface area contributed by atoms with Gasteiger partial charge in [0.25, 0.3) is 15.6 Å². The minimum atomic E-state index is -3.80. The summed E-state index contributed by atoms with van der Waals surface area (Å²) < 4.78 is 26.9. The minimum absolute atomic E-state index is 0.00111. The summed E-state index contributed by atoms with van der Waals surface area (Å²) in [7, 11) is -3.80. The van der Waals surface area contributed by atoms with Crippen LogP contribution in [0.25, 0.3) is 0 Å². The van der Waals surface area contributed by atoms with Gasteiger partial charge in [0.15, 0.2) is 5.82 Å². The molecular formula is C10H9BrN4O3S. The standard InChI is InChI=1S/C10H9BrN4O3S/c11-7-2-1-6(5-8(7)12)19(17,18)15-9-3-4-10(16)14-13-9/h1-5H,12H2,(H,13,15)(H,14,16). The average molecular weight is 345 g/mol. The molecule has 0 aliphatic carbocycles. The number of hydrogen-bond acceptors (Lipinski definition) is 5. The van der Waals surface area contributed by atoms with Crippen molar-refractivity contribution in [2.45, 2.75) is 4.90 Å². The van der Waals surface area contributed by atoms with Crippen LogP contribution in [-0.4, -0.2) is 18.6 Å². The second-order valence-electron chi connectivity index (χ2n) is 3.60. The maximum atomic E-state index is 12.0. The first-order valence-electron chi connectivity index (χ1n) is 5.02. The number of sulfonamides is 1. The summed E-state index contributed by atoms with van der Waals surface area (Å²) in [5.41, 5.74) is 5.51. The van der Waals surface area contributed by atoms with E-state index in [1.54, 1.807) is 0 Å². The van der Waals surface area contributed by atoms with E-state index in [9.17, 15) is 13.2 Å². The predicted octanol–water partition coefficient (Wildman–Crippen LogP) is 0.915. The van der Waals surface area contributed by atoms with E-state index in [1.807, 2.05) is 0 Å². The highest BCUT2D eigenvalue weighted by Crippen LogP contribution is 2.23. The van der Waals surface area contributed by atoms with Crippen molar-refractivity contribution in [2.24, 2.45) is 0 Å². The highest BCUT2D eigenvalue weighted by Gasteiger charge is 2.15. The van der Waals surface area contributed by atoms with E-state index in [1.165, 1.54) is 30.3 Å². The Balaban J connectivity index is 2.34. The molecule has 0 saturated heterocycles. The zero-order valence-electron chi connectivity index (χ0n) is 9.42. The number of nitrogens with one attached hydrogen (secondary N) is 2. The largest absolute Gasteiger partial charge is 0.398 e. The van der Waals surface area contributed by atoms with Crippen molar-refractivity contribution >= 4 is 37.5 Å². The number of nitrogens with zero attached hydrogens (tertiary/aromatic N) is 1. The van der Waals surface area contributed by atoms with Crippen LogP contribution >= 0.6 is 15.9 Å². The number of aromatic amines is 1. The molecule has 0 radical (unpaired) electrons. The molecule has 9 heteroatoms. The molecule has 1 aromatic carbocycles. The molecule has 1 aromatic heterocycles. The highest BCUT2D eigenvalue weighted by molar-refractivity contribution is 9.10. The molecule has 100 valence electrons. The molecule has 7 nitrogen and oxygen atoms in total. The first kappa shape index (κ1) is 13.6. The van der Waals surface area contributed by atoms with E-state index >= 15 is 0 Å². The monoisotopic (exact) mass is 344 g/mol. The number of benzene rings is 1. The Kier molecular flexibility index (Phi) is 3.58. The molecule has 0 saturated carbocycles. The van der Waals surface area contributed by atoms with Crippen molar-refractivity contribution in [3.8, 4) is 0 Å². The molecule has 2 rings (SSSR count). The van der Waals surface area contributed by atoms with Gasteiger partial charge in [0.2, 0.25) is 0 Å². The van der Waals surface area contributed by atoms with Gasteiger partial charge in [-0.05, 0) is 40.2 Å². The summed E-state index contributed by atoms with van der Waals surface area (Å²) in [4.78, 5) is 10.8. The van der Waals surface area contributed by atoms with Crippen molar-refractivity contribution in [1.29, 1.82) is 0 Å². The van der Waals surface area contributed by atoms with Crippen LogP contribution in [0.2, 0.25) is 0 Å². The fraction of sp³-hybridized carbons (Fsp3) is 0. The zero-order chi connectivity index (χ0) is 14.0. The van der Waals surface area contributed by atoms with Crippen LogP contribution in [0.4, 0.5) is 11.5 Å². The molecule has 0 unspecified atom stereocenters. The first-order valence-corrected chi connectivity index (χ1v) is 7.30. The van der Waals surface area contributed by atoms with Crippen molar-refractivity contribution in [3.63, 3.8) is 0 Å². The second kappa shape index (κ2) is 5.02. The smallest absolute Gasteiger partial charge is 0.264 e. The third kappa shape index (κ3) is 3.12. The number of nitrogen functional groups attached to an aromatic ring is 1. The second-order valence-corrected chi connectivity index (χ2v) is 6.13. The summed E-state index contributed by atoms with van der Waals surface area (Å²) in [6.07, 6.45) is 0. The minimum Gasteiger partial charge on any atom is -0.398 e. The van der Waals surface area contributed by atoms with E-state index in [0.29, 0.717) is 10.2 Å². The Morgan fingerprint density at radius 3 is 2.58 bits per heavy atom. The van der Waals surface area contributed by atoms with Crippen LogP contribution in [0.1, 0.15) is 0 Å². The lowest BCUT2D eigenvalue weighted by atomic mass is 10.3. The van der Waals surface area contributed by atoms with Crippen molar-refractivity contribution in [3.05, 3.63) is 45.2 Å². The summed E-state index contributed by atoms with van der Waals surface area (Å²) in [6, 6.07) is 6.68. The normalized spacial score (nSPS) is 11.2. The van der Waals surface area contributed by atoms with Gasteiger partial charge in [0.1, 0.15) is 0 Å². The van der Waals surface area contributed by atoms with Gasteiger partial charge in [-0.3, -0.25) is 9.52 Å². The van der Waals surface area contributed by atoms with Crippen molar-refractivity contribution in [2.75, 3.05) is 10.5 Å². The molecule has 0 aliphatic rings. The molecule has 2 aromatic rings. The van der Waals surface area contributed by atoms with Crippen LogP contribution in [0.3, 0.4) is 0 Å². The van der Waals surface area contributed by atoms with Gasteiger partial charge in [0.05, 0.1) is 4.90 Å². The highest BCUT2D eigenvalue weighted by atomic mass is 79.9. The fourth-order valence-electron chi connectivity index (χ4n) is 1.29. The van der Waals surface area contributed by atoms with E-state index < -0.39 is 15.6 Å². The van der Waals surface area contributed by atoms with E-state index in [4.69, 9.17) is 5.73 Å². The molecule has 0 amide bonds. The lowest BCUT2D eigenvalue weighted by Gasteiger charge is -2.07. The van der Waals surface area contributed by atoms with E-state index in [0.717, 1.165) is 0 Å². The third-order valence-electron chi connectivity index (χ3n) is 2.20. The van der Waals surface area contributed by atoms with Crippen LogP contribution in [0.5, 0.6) is 0 Å². The number of H-pyrrole nitrogens is 1. The quantitative estimate of drug-likeness (QED) is 0.715. The number of hydrogen-bond donors (Lipinski definition) is 3. The maximum Gasteiger partial charge on any atom is 0.264 e. The molecule has 0 aliphatic heterocycles. The van der Waals surface area contributed by atoms with Crippen molar-refractivity contribution < 1.29 is 8.42 Å². The lowest BCUT2D eigenvalue weighted by Crippen LogP contribution is -2.16. The topological polar surface area (TPSA) is 118 Å². The van der Waals surface area contributed by atoms with Crippen molar-refractivity contribution in [1.82, 2.24) is 10.2 Å². The van der Waals surface area contributed by atoms with Gasteiger partial charge >= 0.3 is 0 Å². The molecular weight excluding hydrogens is 336 g/mol. The maximum absolute atomic E-state index is 12.0. The molecule has 0 atom stereocenters. The zero-order valence-corrected chi connectivity index (χ0v) is 11.8. The summed E-state index contributed by atoms with van der Waals surface area (Å²) in [5, 5.41) is 5.69. The molecule has 4 N–H and O–H groups in total. The van der Waals surface area contributed by atoms with Gasteiger partial charge in [0, 0.05) is 16.2 Å². The average Bonchev–Trinajstić information content (AvgIpc) is 2.35. The van der Waals surface area contributed by atoms with Gasteiger partial charge in [-0.25, -0.2) is 13.5 Å². The fourth-order valence-corrected chi connectivity index (χ4v) is 2.57. The Labute approximate surface area is 117 Å². The molecule has 0 bridgehead atoms. The Morgan fingerprint density at radius 1 is 1.26 bits per heavy atom. The lowest BCUT2D eigenvalue weighted by molar-refractivity contribution is 0.601. The van der Waals surface area contributed by atoms with Crippen LogP contribution in [0, 0.1) is 0 Å². The van der Waals surface area contributed by atoms with Gasteiger partial charge in [-0.15, -0.1) is 0 Å². The van der Waals surface area contributed by atoms with Gasteiger partial charge < -0.3 is 5.73 Å². The molecule has 0 spiro atoms. The number of anilines is 2. The third-order valence-corrected chi connectivity index (χ3v) is 4.27.